The van der Waals surface area contributed by atoms with Crippen LogP contribution in [0, 0.1) is 0 Å². The highest BCUT2D eigenvalue weighted by Crippen LogP contribution is 2.15. The van der Waals surface area contributed by atoms with E-state index in [9.17, 15) is 4.79 Å². The number of nitrogens with zero attached hydrogens (tertiary/aromatic N) is 1. The number of ether oxygens (including phenoxy) is 2. The lowest BCUT2D eigenvalue weighted by Crippen LogP contribution is -2.56. The second-order valence-electron chi connectivity index (χ2n) is 6.62. The predicted octanol–water partition coefficient (Wildman–Crippen LogP) is 1.65. The summed E-state index contributed by atoms with van der Waals surface area (Å²) in [6.45, 7) is 8.86. The molecule has 6 heteroatoms. The molecule has 6 nitrogen and oxygen atoms in total. The molecule has 1 aromatic carbocycles. The van der Waals surface area contributed by atoms with Crippen LogP contribution >= 0.6 is 0 Å². The van der Waals surface area contributed by atoms with Crippen LogP contribution in [-0.2, 0) is 11.2 Å². The number of carbonyl (C=O) groups is 1. The molecule has 0 atom stereocenters. The van der Waals surface area contributed by atoms with Crippen molar-refractivity contribution in [2.75, 3.05) is 46.5 Å². The van der Waals surface area contributed by atoms with Crippen LogP contribution in [0.15, 0.2) is 24.3 Å². The summed E-state index contributed by atoms with van der Waals surface area (Å²) in [5.74, 6) is 0.842. The van der Waals surface area contributed by atoms with Crippen LogP contribution < -0.4 is 15.4 Å². The quantitative estimate of drug-likeness (QED) is 0.795. The Morgan fingerprint density at radius 1 is 1.21 bits per heavy atom. The minimum absolute atomic E-state index is 0.0723. The molecule has 2 amide bonds. The van der Waals surface area contributed by atoms with E-state index in [1.165, 1.54) is 5.56 Å². The Hall–Kier alpha value is -1.79. The van der Waals surface area contributed by atoms with Gasteiger partial charge in [-0.15, -0.1) is 0 Å². The van der Waals surface area contributed by atoms with Crippen molar-refractivity contribution in [2.24, 2.45) is 0 Å². The summed E-state index contributed by atoms with van der Waals surface area (Å²) in [7, 11) is 1.65. The second-order valence-corrected chi connectivity index (χ2v) is 6.62. The SMILES string of the molecule is COc1ccc(CCNC(=O)NCC(C)(C)N2CCOCC2)cc1. The van der Waals surface area contributed by atoms with Gasteiger partial charge >= 0.3 is 6.03 Å². The van der Waals surface area contributed by atoms with Crippen LogP contribution in [0.2, 0.25) is 0 Å². The monoisotopic (exact) mass is 335 g/mol. The van der Waals surface area contributed by atoms with Crippen molar-refractivity contribution in [1.29, 1.82) is 0 Å². The van der Waals surface area contributed by atoms with E-state index in [-0.39, 0.29) is 11.6 Å². The number of benzene rings is 1. The molecule has 0 radical (unpaired) electrons. The first-order valence-electron chi connectivity index (χ1n) is 8.49. The first kappa shape index (κ1) is 18.5. The fraction of sp³-hybridized carbons (Fsp3) is 0.611. The molecule has 1 fully saturated rings. The van der Waals surface area contributed by atoms with Crippen molar-refractivity contribution in [1.82, 2.24) is 15.5 Å². The average molecular weight is 335 g/mol. The molecule has 0 unspecified atom stereocenters. The molecule has 1 aromatic rings. The number of methoxy groups -OCH3 is 1. The fourth-order valence-electron chi connectivity index (χ4n) is 2.75. The highest BCUT2D eigenvalue weighted by Gasteiger charge is 2.28. The Morgan fingerprint density at radius 2 is 1.88 bits per heavy atom. The number of amides is 2. The first-order valence-corrected chi connectivity index (χ1v) is 8.49. The molecule has 0 saturated carbocycles. The molecule has 1 aliphatic rings. The summed E-state index contributed by atoms with van der Waals surface area (Å²) in [6.07, 6.45) is 0.796. The summed E-state index contributed by atoms with van der Waals surface area (Å²) in [6, 6.07) is 7.77. The molecule has 0 spiro atoms. The van der Waals surface area contributed by atoms with Crippen molar-refractivity contribution in [3.05, 3.63) is 29.8 Å². The molecule has 2 rings (SSSR count). The lowest BCUT2D eigenvalue weighted by atomic mass is 10.0. The summed E-state index contributed by atoms with van der Waals surface area (Å²) >= 11 is 0. The van der Waals surface area contributed by atoms with Crippen LogP contribution in [0.25, 0.3) is 0 Å². The predicted molar refractivity (Wildman–Crippen MR) is 94.6 cm³/mol. The Labute approximate surface area is 144 Å². The summed E-state index contributed by atoms with van der Waals surface area (Å²) < 4.78 is 10.5. The Balaban J connectivity index is 1.67. The molecular formula is C18H29N3O3. The lowest BCUT2D eigenvalue weighted by Gasteiger charge is -2.40. The zero-order chi connectivity index (χ0) is 17.4. The molecule has 2 N–H and O–H groups in total. The number of carbonyl (C=O) groups excluding carboxylic acids is 1. The molecule has 1 heterocycles. The highest BCUT2D eigenvalue weighted by atomic mass is 16.5. The normalized spacial score (nSPS) is 15.8. The zero-order valence-electron chi connectivity index (χ0n) is 14.9. The van der Waals surface area contributed by atoms with Crippen LogP contribution in [0.1, 0.15) is 19.4 Å². The minimum Gasteiger partial charge on any atom is -0.497 e. The van der Waals surface area contributed by atoms with Gasteiger partial charge in [-0.3, -0.25) is 4.90 Å². The largest absolute Gasteiger partial charge is 0.497 e. The molecule has 0 aliphatic carbocycles. The summed E-state index contributed by atoms with van der Waals surface area (Å²) in [5.41, 5.74) is 1.10. The Bertz CT molecular complexity index is 511. The maximum absolute atomic E-state index is 12.0. The van der Waals surface area contributed by atoms with E-state index in [1.807, 2.05) is 24.3 Å². The third kappa shape index (κ3) is 5.69. The van der Waals surface area contributed by atoms with Gasteiger partial charge in [0.1, 0.15) is 5.75 Å². The number of morpholine rings is 1. The number of rotatable bonds is 7. The Kier molecular flexibility index (Phi) is 6.87. The maximum atomic E-state index is 12.0. The maximum Gasteiger partial charge on any atom is 0.314 e. The molecule has 0 aromatic heterocycles. The van der Waals surface area contributed by atoms with E-state index in [0.29, 0.717) is 13.1 Å². The molecule has 1 saturated heterocycles. The van der Waals surface area contributed by atoms with Gasteiger partial charge in [-0.2, -0.15) is 0 Å². The van der Waals surface area contributed by atoms with Gasteiger partial charge in [0.15, 0.2) is 0 Å². The first-order chi connectivity index (χ1) is 11.5. The van der Waals surface area contributed by atoms with Crippen molar-refractivity contribution in [3.8, 4) is 5.75 Å². The fourth-order valence-corrected chi connectivity index (χ4v) is 2.75. The van der Waals surface area contributed by atoms with Crippen LogP contribution in [0.3, 0.4) is 0 Å². The smallest absolute Gasteiger partial charge is 0.314 e. The molecular weight excluding hydrogens is 306 g/mol. The van der Waals surface area contributed by atoms with Crippen molar-refractivity contribution in [3.63, 3.8) is 0 Å². The van der Waals surface area contributed by atoms with Gasteiger partial charge < -0.3 is 20.1 Å². The lowest BCUT2D eigenvalue weighted by molar-refractivity contribution is -0.00874. The molecule has 1 aliphatic heterocycles. The minimum atomic E-state index is -0.121. The highest BCUT2D eigenvalue weighted by molar-refractivity contribution is 5.73. The molecule has 134 valence electrons. The third-order valence-corrected chi connectivity index (χ3v) is 4.41. The van der Waals surface area contributed by atoms with E-state index >= 15 is 0 Å². The molecule has 24 heavy (non-hydrogen) atoms. The van der Waals surface area contributed by atoms with Crippen molar-refractivity contribution >= 4 is 6.03 Å². The summed E-state index contributed by atoms with van der Waals surface area (Å²) in [5, 5.41) is 5.88. The van der Waals surface area contributed by atoms with Crippen LogP contribution in [-0.4, -0.2) is 63.0 Å². The van der Waals surface area contributed by atoms with E-state index in [4.69, 9.17) is 9.47 Å². The Morgan fingerprint density at radius 3 is 2.50 bits per heavy atom. The van der Waals surface area contributed by atoms with E-state index in [0.717, 1.165) is 38.5 Å². The number of hydrogen-bond acceptors (Lipinski definition) is 4. The number of urea groups is 1. The van der Waals surface area contributed by atoms with Gasteiger partial charge in [0.05, 0.1) is 20.3 Å². The van der Waals surface area contributed by atoms with E-state index in [2.05, 4.69) is 29.4 Å². The van der Waals surface area contributed by atoms with Gasteiger partial charge in [0.25, 0.3) is 0 Å². The number of nitrogens with one attached hydrogen (secondary N) is 2. The topological polar surface area (TPSA) is 62.8 Å². The van der Waals surface area contributed by atoms with Crippen molar-refractivity contribution < 1.29 is 14.3 Å². The van der Waals surface area contributed by atoms with Gasteiger partial charge in [-0.1, -0.05) is 12.1 Å². The number of hydrogen-bond donors (Lipinski definition) is 2. The van der Waals surface area contributed by atoms with Crippen LogP contribution in [0.5, 0.6) is 5.75 Å². The molecule has 0 bridgehead atoms. The summed E-state index contributed by atoms with van der Waals surface area (Å²) in [4.78, 5) is 14.3. The van der Waals surface area contributed by atoms with Gasteiger partial charge in [0, 0.05) is 31.7 Å². The third-order valence-electron chi connectivity index (χ3n) is 4.41. The van der Waals surface area contributed by atoms with Crippen LogP contribution in [0.4, 0.5) is 4.79 Å². The average Bonchev–Trinajstić information content (AvgIpc) is 2.61. The van der Waals surface area contributed by atoms with E-state index < -0.39 is 0 Å². The van der Waals surface area contributed by atoms with E-state index in [1.54, 1.807) is 7.11 Å². The van der Waals surface area contributed by atoms with Crippen molar-refractivity contribution in [2.45, 2.75) is 25.8 Å². The van der Waals surface area contributed by atoms with Gasteiger partial charge in [-0.25, -0.2) is 4.79 Å². The zero-order valence-corrected chi connectivity index (χ0v) is 14.9. The van der Waals surface area contributed by atoms with Gasteiger partial charge in [0.2, 0.25) is 0 Å². The van der Waals surface area contributed by atoms with Gasteiger partial charge in [-0.05, 0) is 38.0 Å². The second kappa shape index (κ2) is 8.89. The standard InChI is InChI=1S/C18H29N3O3/c1-18(2,21-10-12-24-13-11-21)14-20-17(22)19-9-8-15-4-6-16(23-3)7-5-15/h4-7H,8-14H2,1-3H3,(H2,19,20,22).